The minimum Gasteiger partial charge on any atom is -0.465 e. The van der Waals surface area contributed by atoms with Crippen LogP contribution in [0.5, 0.6) is 6.01 Å². The molecule has 2 saturated heterocycles. The van der Waals surface area contributed by atoms with Crippen molar-refractivity contribution in [1.29, 1.82) is 0 Å². The number of likely N-dealkylation sites (N-methyl/N-ethyl adjacent to an activating group) is 1. The number of anilines is 1. The van der Waals surface area contributed by atoms with Gasteiger partial charge in [-0.25, -0.2) is 9.78 Å². The molecule has 2 fully saturated rings. The number of aryl methyl sites for hydroxylation is 1. The Hall–Kier alpha value is -3.96. The third-order valence-corrected chi connectivity index (χ3v) is 8.16. The molecule has 208 valence electrons. The van der Waals surface area contributed by atoms with Crippen LogP contribution >= 0.6 is 11.6 Å². The highest BCUT2D eigenvalue weighted by Gasteiger charge is 2.27. The van der Waals surface area contributed by atoms with Gasteiger partial charge in [0.05, 0.1) is 10.7 Å². The van der Waals surface area contributed by atoms with Gasteiger partial charge in [-0.2, -0.15) is 9.97 Å². The van der Waals surface area contributed by atoms with Crippen molar-refractivity contribution in [3.8, 4) is 11.7 Å². The predicted octanol–water partition coefficient (Wildman–Crippen LogP) is 3.56. The number of halogens is 1. The number of hydrogen-bond donors (Lipinski definition) is 1. The fraction of sp³-hybridized carbons (Fsp3) is 0.393. The monoisotopic (exact) mass is 563 g/mol. The maximum absolute atomic E-state index is 14.2. The summed E-state index contributed by atoms with van der Waals surface area (Å²) >= 11 is 6.60. The van der Waals surface area contributed by atoms with Crippen molar-refractivity contribution in [3.05, 3.63) is 57.6 Å². The van der Waals surface area contributed by atoms with Crippen molar-refractivity contribution in [2.45, 2.75) is 25.8 Å². The summed E-state index contributed by atoms with van der Waals surface area (Å²) in [6.07, 6.45) is 1.16. The fourth-order valence-electron chi connectivity index (χ4n) is 5.64. The van der Waals surface area contributed by atoms with E-state index in [1.165, 1.54) is 9.47 Å². The number of likely N-dealkylation sites (tertiary alicyclic amines) is 1. The van der Waals surface area contributed by atoms with Crippen LogP contribution in [0.15, 0.2) is 41.2 Å². The van der Waals surface area contributed by atoms with Gasteiger partial charge < -0.3 is 24.5 Å². The van der Waals surface area contributed by atoms with Crippen molar-refractivity contribution in [3.63, 3.8) is 0 Å². The van der Waals surface area contributed by atoms with Crippen LogP contribution in [0.25, 0.3) is 27.5 Å². The molecule has 2 aliphatic rings. The zero-order valence-electron chi connectivity index (χ0n) is 22.4. The molecule has 0 spiro atoms. The van der Waals surface area contributed by atoms with E-state index in [-0.39, 0.29) is 23.1 Å². The van der Waals surface area contributed by atoms with Crippen LogP contribution in [0.2, 0.25) is 5.02 Å². The number of piperazine rings is 1. The largest absolute Gasteiger partial charge is 0.465 e. The Morgan fingerprint density at radius 1 is 1.05 bits per heavy atom. The second-order valence-electron chi connectivity index (χ2n) is 10.3. The van der Waals surface area contributed by atoms with E-state index in [0.29, 0.717) is 60.7 Å². The quantitative estimate of drug-likeness (QED) is 0.389. The van der Waals surface area contributed by atoms with Gasteiger partial charge >= 0.3 is 12.1 Å². The molecule has 1 amide bonds. The normalized spacial score (nSPS) is 18.1. The maximum Gasteiger partial charge on any atom is 0.407 e. The molecular formula is C28H30ClN7O4. The first-order valence-corrected chi connectivity index (χ1v) is 13.7. The van der Waals surface area contributed by atoms with E-state index in [1.807, 2.05) is 35.2 Å². The first-order chi connectivity index (χ1) is 19.3. The predicted molar refractivity (Wildman–Crippen MR) is 153 cm³/mol. The molecule has 4 heterocycles. The van der Waals surface area contributed by atoms with E-state index in [1.54, 1.807) is 13.0 Å². The number of hydrogen-bond acceptors (Lipinski definition) is 8. The van der Waals surface area contributed by atoms with E-state index in [9.17, 15) is 14.7 Å². The van der Waals surface area contributed by atoms with Gasteiger partial charge in [0.1, 0.15) is 17.9 Å². The highest BCUT2D eigenvalue weighted by Crippen LogP contribution is 2.31. The van der Waals surface area contributed by atoms with E-state index < -0.39 is 6.09 Å². The lowest BCUT2D eigenvalue weighted by Crippen LogP contribution is -2.48. The molecule has 2 aliphatic heterocycles. The second kappa shape index (κ2) is 10.5. The number of carbonyl (C=O) groups is 1. The summed E-state index contributed by atoms with van der Waals surface area (Å²) in [5.41, 5.74) is 0.755. The van der Waals surface area contributed by atoms with Gasteiger partial charge in [-0.3, -0.25) is 9.36 Å². The molecule has 1 N–H and O–H groups in total. The minimum atomic E-state index is -0.956. The number of amides is 1. The number of nitrogens with zero attached hydrogens (tertiary/aromatic N) is 7. The van der Waals surface area contributed by atoms with Gasteiger partial charge in [0.15, 0.2) is 11.3 Å². The SMILES string of the molecule is Cc1nc2c(N3CCN(C(=O)O)CC3)nc(OC[C@@H]3CCCN3C)nc2c(=O)n1-c1cccc2cccc(Cl)c12. The molecule has 11 nitrogen and oxygen atoms in total. The number of aromatic nitrogens is 4. The molecule has 1 atom stereocenters. The lowest BCUT2D eigenvalue weighted by molar-refractivity contribution is 0.142. The summed E-state index contributed by atoms with van der Waals surface area (Å²) in [7, 11) is 2.07. The van der Waals surface area contributed by atoms with Gasteiger partial charge in [-0.05, 0) is 50.9 Å². The molecule has 0 aliphatic carbocycles. The lowest BCUT2D eigenvalue weighted by Gasteiger charge is -2.34. The van der Waals surface area contributed by atoms with Crippen molar-refractivity contribution in [2.75, 3.05) is 51.3 Å². The molecule has 2 aromatic heterocycles. The van der Waals surface area contributed by atoms with Gasteiger partial charge in [0.2, 0.25) is 0 Å². The molecular weight excluding hydrogens is 534 g/mol. The van der Waals surface area contributed by atoms with Gasteiger partial charge in [-0.1, -0.05) is 35.9 Å². The number of carboxylic acid groups (broad SMARTS) is 1. The molecule has 40 heavy (non-hydrogen) atoms. The van der Waals surface area contributed by atoms with Crippen molar-refractivity contribution < 1.29 is 14.6 Å². The number of ether oxygens (including phenoxy) is 1. The second-order valence-corrected chi connectivity index (χ2v) is 10.7. The molecule has 0 radical (unpaired) electrons. The first kappa shape index (κ1) is 26.3. The third-order valence-electron chi connectivity index (χ3n) is 7.85. The topological polar surface area (TPSA) is 117 Å². The van der Waals surface area contributed by atoms with Crippen molar-refractivity contribution in [1.82, 2.24) is 29.3 Å². The Morgan fingerprint density at radius 3 is 2.50 bits per heavy atom. The van der Waals surface area contributed by atoms with Crippen LogP contribution in [0.3, 0.4) is 0 Å². The zero-order chi connectivity index (χ0) is 28.0. The Balaban J connectivity index is 1.49. The minimum absolute atomic E-state index is 0.105. The van der Waals surface area contributed by atoms with Crippen LogP contribution in [-0.2, 0) is 0 Å². The smallest absolute Gasteiger partial charge is 0.407 e. The average Bonchev–Trinajstić information content (AvgIpc) is 3.36. The Kier molecular flexibility index (Phi) is 6.93. The summed E-state index contributed by atoms with van der Waals surface area (Å²) < 4.78 is 7.62. The van der Waals surface area contributed by atoms with E-state index in [0.717, 1.165) is 30.2 Å². The van der Waals surface area contributed by atoms with E-state index >= 15 is 0 Å². The standard InChI is InChI=1S/C28H30ClN7O4/c1-17-30-23-24(26(37)36(17)21-10-4-7-18-6-3-9-20(29)22(18)21)31-27(40-16-19-8-5-11-33(19)2)32-25(23)34-12-14-35(15-13-34)28(38)39/h3-4,6-7,9-10,19H,5,8,11-16H2,1-2H3,(H,38,39)/t19-/m0/s1. The summed E-state index contributed by atoms with van der Waals surface area (Å²) in [6.45, 7) is 4.62. The molecule has 2 aromatic carbocycles. The molecule has 0 saturated carbocycles. The summed E-state index contributed by atoms with van der Waals surface area (Å²) in [5, 5.41) is 11.6. The van der Waals surface area contributed by atoms with Crippen LogP contribution in [0, 0.1) is 6.92 Å². The third kappa shape index (κ3) is 4.69. The van der Waals surface area contributed by atoms with Gasteiger partial charge in [0.25, 0.3) is 5.56 Å². The Labute approximate surface area is 235 Å². The number of rotatable bonds is 5. The molecule has 6 rings (SSSR count). The molecule has 0 bridgehead atoms. The highest BCUT2D eigenvalue weighted by molar-refractivity contribution is 6.36. The summed E-state index contributed by atoms with van der Waals surface area (Å²) in [4.78, 5) is 45.3. The van der Waals surface area contributed by atoms with Crippen LogP contribution < -0.4 is 15.2 Å². The number of benzene rings is 2. The zero-order valence-corrected chi connectivity index (χ0v) is 23.1. The average molecular weight is 564 g/mol. The first-order valence-electron chi connectivity index (χ1n) is 13.4. The molecule has 12 heteroatoms. The van der Waals surface area contributed by atoms with Gasteiger partial charge in [0, 0.05) is 37.6 Å². The highest BCUT2D eigenvalue weighted by atomic mass is 35.5. The van der Waals surface area contributed by atoms with Crippen LogP contribution in [0.1, 0.15) is 18.7 Å². The van der Waals surface area contributed by atoms with Crippen molar-refractivity contribution in [2.24, 2.45) is 0 Å². The fourth-order valence-corrected chi connectivity index (χ4v) is 5.92. The van der Waals surface area contributed by atoms with Crippen LogP contribution in [-0.4, -0.2) is 92.9 Å². The van der Waals surface area contributed by atoms with Crippen molar-refractivity contribution >= 4 is 45.3 Å². The Bertz CT molecular complexity index is 1660. The van der Waals surface area contributed by atoms with Gasteiger partial charge in [-0.15, -0.1) is 0 Å². The Morgan fingerprint density at radius 2 is 1.80 bits per heavy atom. The molecule has 0 unspecified atom stereocenters. The lowest BCUT2D eigenvalue weighted by atomic mass is 10.1. The number of fused-ring (bicyclic) bond motifs is 2. The summed E-state index contributed by atoms with van der Waals surface area (Å²) in [5.74, 6) is 0.924. The van der Waals surface area contributed by atoms with E-state index in [2.05, 4.69) is 16.9 Å². The summed E-state index contributed by atoms with van der Waals surface area (Å²) in [6, 6.07) is 11.6. The maximum atomic E-state index is 14.2. The van der Waals surface area contributed by atoms with Crippen LogP contribution in [0.4, 0.5) is 10.6 Å². The van der Waals surface area contributed by atoms with E-state index in [4.69, 9.17) is 26.3 Å². The molecule has 4 aromatic rings.